The second-order valence-corrected chi connectivity index (χ2v) is 5.18. The molecule has 0 bridgehead atoms. The summed E-state index contributed by atoms with van der Waals surface area (Å²) in [4.78, 5) is 12.2. The summed E-state index contributed by atoms with van der Waals surface area (Å²) in [6, 6.07) is 2.94. The Hall–Kier alpha value is -1.45. The van der Waals surface area contributed by atoms with Crippen LogP contribution in [0.2, 0.25) is 0 Å². The van der Waals surface area contributed by atoms with Crippen molar-refractivity contribution in [2.24, 2.45) is 5.41 Å². The number of nitrogens with zero attached hydrogens (tertiary/aromatic N) is 1. The van der Waals surface area contributed by atoms with E-state index in [9.17, 15) is 13.6 Å². The highest BCUT2D eigenvalue weighted by atomic mass is 19.1. The van der Waals surface area contributed by atoms with E-state index in [2.05, 4.69) is 5.32 Å². The van der Waals surface area contributed by atoms with E-state index in [1.54, 1.807) is 0 Å². The highest BCUT2D eigenvalue weighted by Gasteiger charge is 2.41. The van der Waals surface area contributed by atoms with Crippen LogP contribution >= 0.6 is 0 Å². The quantitative estimate of drug-likeness (QED) is 0.820. The zero-order valence-electron chi connectivity index (χ0n) is 11.2. The van der Waals surface area contributed by atoms with Gasteiger partial charge in [0, 0.05) is 6.07 Å². The monoisotopic (exact) mass is 266 g/mol. The van der Waals surface area contributed by atoms with Gasteiger partial charge in [0.2, 0.25) is 5.91 Å². The van der Waals surface area contributed by atoms with Crippen molar-refractivity contribution in [1.29, 1.82) is 0 Å². The maximum absolute atomic E-state index is 13.2. The van der Waals surface area contributed by atoms with Crippen molar-refractivity contribution in [3.05, 3.63) is 35.4 Å². The first kappa shape index (κ1) is 14.0. The van der Waals surface area contributed by atoms with Crippen molar-refractivity contribution < 1.29 is 13.6 Å². The Kier molecular flexibility index (Phi) is 3.88. The fraction of sp³-hybridized carbons (Fsp3) is 0.533. The number of halogens is 2. The number of benzene rings is 1. The lowest BCUT2D eigenvalue weighted by molar-refractivity contribution is -0.136. The number of carbonyl (C=O) groups is 1. The van der Waals surface area contributed by atoms with Crippen LogP contribution in [0.1, 0.15) is 51.1 Å². The normalized spacial score (nSPS) is 22.1. The number of hydrogen-bond donors (Lipinski definition) is 0. The van der Waals surface area contributed by atoms with E-state index in [-0.39, 0.29) is 11.3 Å². The molecule has 19 heavy (non-hydrogen) atoms. The molecule has 0 N–H and O–H groups in total. The molecule has 1 atom stereocenters. The van der Waals surface area contributed by atoms with Crippen molar-refractivity contribution in [2.75, 3.05) is 0 Å². The van der Waals surface area contributed by atoms with Crippen molar-refractivity contribution in [3.8, 4) is 0 Å². The van der Waals surface area contributed by atoms with Gasteiger partial charge in [0.05, 0.1) is 11.5 Å². The molecule has 1 aromatic carbocycles. The standard InChI is InChI=1S/C15H18F2NO/c1-3-15(4-2)6-5-13(18-14(15)19)10-7-11(16)9-12(17)8-10/h7-9,13H,3-6H2,1-2H3. The summed E-state index contributed by atoms with van der Waals surface area (Å²) >= 11 is 0. The molecule has 2 rings (SSSR count). The maximum atomic E-state index is 13.2. The average molecular weight is 266 g/mol. The first-order valence-electron chi connectivity index (χ1n) is 6.72. The molecular weight excluding hydrogens is 248 g/mol. The van der Waals surface area contributed by atoms with Crippen LogP contribution in [0.3, 0.4) is 0 Å². The molecule has 1 fully saturated rings. The maximum Gasteiger partial charge on any atom is 0.247 e. The van der Waals surface area contributed by atoms with Gasteiger partial charge >= 0.3 is 0 Å². The minimum atomic E-state index is -0.625. The number of amides is 1. The van der Waals surface area contributed by atoms with Gasteiger partial charge in [-0.25, -0.2) is 14.1 Å². The summed E-state index contributed by atoms with van der Waals surface area (Å²) in [5.41, 5.74) is 0.0780. The molecule has 0 aromatic heterocycles. The summed E-state index contributed by atoms with van der Waals surface area (Å²) in [6.45, 7) is 3.97. The van der Waals surface area contributed by atoms with Crippen LogP contribution < -0.4 is 5.32 Å². The lowest BCUT2D eigenvalue weighted by atomic mass is 9.73. The fourth-order valence-electron chi connectivity index (χ4n) is 2.78. The summed E-state index contributed by atoms with van der Waals surface area (Å²) in [5.74, 6) is -1.38. The molecule has 1 aliphatic heterocycles. The molecule has 1 aliphatic rings. The van der Waals surface area contributed by atoms with E-state index >= 15 is 0 Å². The van der Waals surface area contributed by atoms with E-state index in [0.29, 0.717) is 12.0 Å². The smallest absolute Gasteiger partial charge is 0.247 e. The molecule has 103 valence electrons. The van der Waals surface area contributed by atoms with Crippen molar-refractivity contribution >= 4 is 5.91 Å². The molecule has 0 saturated carbocycles. The Morgan fingerprint density at radius 1 is 1.21 bits per heavy atom. The van der Waals surface area contributed by atoms with Crippen LogP contribution in [-0.2, 0) is 4.79 Å². The van der Waals surface area contributed by atoms with Crippen LogP contribution in [0.15, 0.2) is 18.2 Å². The highest BCUT2D eigenvalue weighted by molar-refractivity contribution is 5.83. The van der Waals surface area contributed by atoms with Gasteiger partial charge < -0.3 is 0 Å². The topological polar surface area (TPSA) is 31.2 Å². The summed E-state index contributed by atoms with van der Waals surface area (Å²) in [6.07, 6.45) is 2.91. The second kappa shape index (κ2) is 5.27. The molecule has 1 amide bonds. The van der Waals surface area contributed by atoms with Gasteiger partial charge in [-0.05, 0) is 43.4 Å². The van der Waals surface area contributed by atoms with E-state index in [0.717, 1.165) is 25.3 Å². The van der Waals surface area contributed by atoms with Crippen molar-refractivity contribution in [2.45, 2.75) is 45.6 Å². The fourth-order valence-corrected chi connectivity index (χ4v) is 2.78. The highest BCUT2D eigenvalue weighted by Crippen LogP contribution is 2.40. The molecule has 1 radical (unpaired) electrons. The molecule has 1 unspecified atom stereocenters. The van der Waals surface area contributed by atoms with Gasteiger partial charge in [-0.1, -0.05) is 13.8 Å². The van der Waals surface area contributed by atoms with Crippen molar-refractivity contribution in [1.82, 2.24) is 5.32 Å². The predicted octanol–water partition coefficient (Wildman–Crippen LogP) is 3.74. The van der Waals surface area contributed by atoms with Gasteiger partial charge in [-0.3, -0.25) is 4.79 Å². The number of hydrogen-bond acceptors (Lipinski definition) is 1. The number of piperidine rings is 1. The van der Waals surface area contributed by atoms with Crippen LogP contribution in [0, 0.1) is 17.0 Å². The Balaban J connectivity index is 2.20. The zero-order chi connectivity index (χ0) is 14.0. The molecule has 1 aromatic rings. The van der Waals surface area contributed by atoms with E-state index in [1.165, 1.54) is 12.1 Å². The largest absolute Gasteiger partial charge is 0.272 e. The van der Waals surface area contributed by atoms with Gasteiger partial charge in [0.25, 0.3) is 0 Å². The minimum absolute atomic E-state index is 0.126. The molecule has 1 heterocycles. The first-order valence-corrected chi connectivity index (χ1v) is 6.72. The zero-order valence-corrected chi connectivity index (χ0v) is 11.2. The summed E-state index contributed by atoms with van der Waals surface area (Å²) in [7, 11) is 0. The van der Waals surface area contributed by atoms with E-state index in [4.69, 9.17) is 0 Å². The third kappa shape index (κ3) is 2.62. The van der Waals surface area contributed by atoms with Crippen molar-refractivity contribution in [3.63, 3.8) is 0 Å². The minimum Gasteiger partial charge on any atom is -0.272 e. The molecular formula is C15H18F2NO. The van der Waals surface area contributed by atoms with Crippen LogP contribution in [0.25, 0.3) is 0 Å². The molecule has 2 nitrogen and oxygen atoms in total. The Morgan fingerprint density at radius 2 is 1.79 bits per heavy atom. The van der Waals surface area contributed by atoms with Gasteiger partial charge in [0.1, 0.15) is 11.6 Å². The van der Waals surface area contributed by atoms with Crippen LogP contribution in [-0.4, -0.2) is 5.91 Å². The molecule has 0 aliphatic carbocycles. The van der Waals surface area contributed by atoms with E-state index in [1.807, 2.05) is 13.8 Å². The summed E-state index contributed by atoms with van der Waals surface area (Å²) < 4.78 is 26.4. The Morgan fingerprint density at radius 3 is 2.26 bits per heavy atom. The lowest BCUT2D eigenvalue weighted by Gasteiger charge is -2.36. The third-order valence-electron chi connectivity index (χ3n) is 4.25. The van der Waals surface area contributed by atoms with E-state index < -0.39 is 17.7 Å². The van der Waals surface area contributed by atoms with Gasteiger partial charge in [0.15, 0.2) is 0 Å². The molecule has 4 heteroatoms. The lowest BCUT2D eigenvalue weighted by Crippen LogP contribution is -2.42. The average Bonchev–Trinajstić information content (AvgIpc) is 2.38. The predicted molar refractivity (Wildman–Crippen MR) is 68.5 cm³/mol. The molecule has 1 saturated heterocycles. The second-order valence-electron chi connectivity index (χ2n) is 5.18. The van der Waals surface area contributed by atoms with Crippen LogP contribution in [0.4, 0.5) is 8.78 Å². The first-order chi connectivity index (χ1) is 9.00. The van der Waals surface area contributed by atoms with Gasteiger partial charge in [-0.15, -0.1) is 0 Å². The third-order valence-corrected chi connectivity index (χ3v) is 4.25. The van der Waals surface area contributed by atoms with Crippen LogP contribution in [0.5, 0.6) is 0 Å². The Bertz CT molecular complexity index is 463. The molecule has 0 spiro atoms. The van der Waals surface area contributed by atoms with Gasteiger partial charge in [-0.2, -0.15) is 0 Å². The summed E-state index contributed by atoms with van der Waals surface area (Å²) in [5, 5.41) is 4.16. The Labute approximate surface area is 112 Å². The number of rotatable bonds is 3. The SMILES string of the molecule is CCC1(CC)CCC(c2cc(F)cc(F)c2)[N]C1=O. The number of carbonyl (C=O) groups excluding carboxylic acids is 1.